The van der Waals surface area contributed by atoms with E-state index in [0.717, 1.165) is 16.3 Å². The van der Waals surface area contributed by atoms with Gasteiger partial charge in [0.25, 0.3) is 5.91 Å². The van der Waals surface area contributed by atoms with Crippen LogP contribution in [0.4, 0.5) is 5.69 Å². The van der Waals surface area contributed by atoms with Crippen LogP contribution < -0.4 is 14.8 Å². The fourth-order valence-corrected chi connectivity index (χ4v) is 3.12. The molecule has 2 N–H and O–H groups in total. The van der Waals surface area contributed by atoms with Crippen LogP contribution in [0.25, 0.3) is 22.0 Å². The summed E-state index contributed by atoms with van der Waals surface area (Å²) in [6.07, 6.45) is 0. The molecule has 140 valence electrons. The summed E-state index contributed by atoms with van der Waals surface area (Å²) in [5, 5.41) is 12.2. The van der Waals surface area contributed by atoms with Crippen molar-refractivity contribution in [3.05, 3.63) is 72.4 Å². The van der Waals surface area contributed by atoms with Crippen LogP contribution in [0.15, 0.2) is 66.7 Å². The number of H-pyrrole nitrogens is 1. The van der Waals surface area contributed by atoms with E-state index in [1.165, 1.54) is 0 Å². The Balaban J connectivity index is 1.62. The predicted molar refractivity (Wildman–Crippen MR) is 109 cm³/mol. The number of nitrogens with zero attached hydrogens (tertiary/aromatic N) is 1. The average Bonchev–Trinajstić information content (AvgIpc) is 3.24. The number of benzene rings is 3. The molecule has 0 aliphatic carbocycles. The van der Waals surface area contributed by atoms with Crippen molar-refractivity contribution >= 4 is 22.4 Å². The molecular formula is C22H19N3O3. The quantitative estimate of drug-likeness (QED) is 0.540. The fourth-order valence-electron chi connectivity index (χ4n) is 3.12. The van der Waals surface area contributed by atoms with Gasteiger partial charge in [-0.2, -0.15) is 5.10 Å². The Bertz CT molecular complexity index is 1150. The monoisotopic (exact) mass is 373 g/mol. The second kappa shape index (κ2) is 7.44. The molecule has 0 aliphatic rings. The van der Waals surface area contributed by atoms with Gasteiger partial charge >= 0.3 is 0 Å². The number of methoxy groups -OCH3 is 2. The van der Waals surface area contributed by atoms with Crippen LogP contribution in [-0.4, -0.2) is 30.3 Å². The molecule has 0 saturated carbocycles. The Labute approximate surface area is 162 Å². The summed E-state index contributed by atoms with van der Waals surface area (Å²) < 4.78 is 10.5. The molecular weight excluding hydrogens is 354 g/mol. The van der Waals surface area contributed by atoms with E-state index < -0.39 is 0 Å². The van der Waals surface area contributed by atoms with Gasteiger partial charge in [0.15, 0.2) is 0 Å². The van der Waals surface area contributed by atoms with Crippen molar-refractivity contribution in [2.24, 2.45) is 0 Å². The number of rotatable bonds is 5. The summed E-state index contributed by atoms with van der Waals surface area (Å²) in [6.45, 7) is 0. The lowest BCUT2D eigenvalue weighted by atomic mass is 10.0. The van der Waals surface area contributed by atoms with Gasteiger partial charge in [0.2, 0.25) is 0 Å². The van der Waals surface area contributed by atoms with E-state index in [9.17, 15) is 4.79 Å². The number of aromatic nitrogens is 2. The minimum Gasteiger partial charge on any atom is -0.497 e. The van der Waals surface area contributed by atoms with E-state index in [4.69, 9.17) is 9.47 Å². The number of ether oxygens (including phenoxy) is 2. The third-order valence-corrected chi connectivity index (χ3v) is 4.54. The molecule has 0 aliphatic heterocycles. The van der Waals surface area contributed by atoms with Crippen molar-refractivity contribution < 1.29 is 14.3 Å². The predicted octanol–water partition coefficient (Wildman–Crippen LogP) is 4.50. The van der Waals surface area contributed by atoms with Gasteiger partial charge in [0, 0.05) is 11.6 Å². The molecule has 6 nitrogen and oxygen atoms in total. The van der Waals surface area contributed by atoms with Gasteiger partial charge in [-0.3, -0.25) is 9.89 Å². The molecule has 1 aromatic heterocycles. The van der Waals surface area contributed by atoms with E-state index in [1.54, 1.807) is 38.5 Å². The number of fused-ring (bicyclic) bond motifs is 1. The molecule has 0 radical (unpaired) electrons. The normalized spacial score (nSPS) is 10.6. The van der Waals surface area contributed by atoms with Crippen molar-refractivity contribution in [1.82, 2.24) is 10.2 Å². The van der Waals surface area contributed by atoms with Gasteiger partial charge in [-0.1, -0.05) is 42.5 Å². The molecule has 0 spiro atoms. The number of aromatic amines is 1. The Kier molecular flexibility index (Phi) is 4.68. The Morgan fingerprint density at radius 1 is 0.964 bits per heavy atom. The molecule has 0 saturated heterocycles. The number of hydrogen-bond donors (Lipinski definition) is 2. The minimum atomic E-state index is -0.303. The maximum Gasteiger partial charge on any atom is 0.273 e. The molecule has 6 heteroatoms. The first-order valence-electron chi connectivity index (χ1n) is 8.76. The molecule has 28 heavy (non-hydrogen) atoms. The second-order valence-corrected chi connectivity index (χ2v) is 6.21. The summed E-state index contributed by atoms with van der Waals surface area (Å²) in [6, 6.07) is 21.0. The average molecular weight is 373 g/mol. The number of amides is 1. The zero-order valence-electron chi connectivity index (χ0n) is 15.5. The minimum absolute atomic E-state index is 0.303. The maximum absolute atomic E-state index is 12.7. The van der Waals surface area contributed by atoms with Crippen LogP contribution >= 0.6 is 0 Å². The molecule has 1 amide bonds. The van der Waals surface area contributed by atoms with Gasteiger partial charge in [-0.25, -0.2) is 0 Å². The first kappa shape index (κ1) is 17.6. The van der Waals surface area contributed by atoms with Crippen LogP contribution in [-0.2, 0) is 0 Å². The number of carbonyl (C=O) groups excluding carboxylic acids is 1. The van der Waals surface area contributed by atoms with Crippen molar-refractivity contribution in [1.29, 1.82) is 0 Å². The zero-order valence-corrected chi connectivity index (χ0v) is 15.5. The smallest absolute Gasteiger partial charge is 0.273 e. The van der Waals surface area contributed by atoms with Crippen LogP contribution in [0.5, 0.6) is 11.5 Å². The highest BCUT2D eigenvalue weighted by atomic mass is 16.5. The summed E-state index contributed by atoms with van der Waals surface area (Å²) in [5.41, 5.74) is 2.59. The first-order chi connectivity index (χ1) is 13.7. The lowest BCUT2D eigenvalue weighted by Crippen LogP contribution is -2.13. The van der Waals surface area contributed by atoms with E-state index in [-0.39, 0.29) is 5.91 Å². The van der Waals surface area contributed by atoms with Gasteiger partial charge in [-0.15, -0.1) is 0 Å². The lowest BCUT2D eigenvalue weighted by molar-refractivity contribution is 0.102. The highest BCUT2D eigenvalue weighted by Gasteiger charge is 2.15. The largest absolute Gasteiger partial charge is 0.497 e. The summed E-state index contributed by atoms with van der Waals surface area (Å²) in [4.78, 5) is 12.7. The van der Waals surface area contributed by atoms with Crippen LogP contribution in [0.2, 0.25) is 0 Å². The van der Waals surface area contributed by atoms with E-state index in [0.29, 0.717) is 28.6 Å². The fraction of sp³-hybridized carbons (Fsp3) is 0.0909. The van der Waals surface area contributed by atoms with E-state index in [1.807, 2.05) is 30.3 Å². The molecule has 0 bridgehead atoms. The Morgan fingerprint density at radius 2 is 1.79 bits per heavy atom. The number of carbonyl (C=O) groups is 1. The van der Waals surface area contributed by atoms with Crippen LogP contribution in [0.3, 0.4) is 0 Å². The third-order valence-electron chi connectivity index (χ3n) is 4.54. The van der Waals surface area contributed by atoms with Crippen molar-refractivity contribution in [3.8, 4) is 22.8 Å². The highest BCUT2D eigenvalue weighted by molar-refractivity contribution is 6.05. The summed E-state index contributed by atoms with van der Waals surface area (Å²) in [5.74, 6) is 0.860. The molecule has 0 unspecified atom stereocenters. The number of nitrogens with one attached hydrogen (secondary N) is 2. The SMILES string of the molecule is COc1ccc(NC(=O)c2cc(-c3cccc4ccccc34)n[nH]2)c(OC)c1. The van der Waals surface area contributed by atoms with Gasteiger partial charge in [0.05, 0.1) is 25.6 Å². The lowest BCUT2D eigenvalue weighted by Gasteiger charge is -2.10. The standard InChI is InChI=1S/C22H19N3O3/c1-27-15-10-11-18(21(12-15)28-2)23-22(26)20-13-19(24-25-20)17-9-5-7-14-6-3-4-8-16(14)17/h3-13H,1-2H3,(H,23,26)(H,24,25). The zero-order chi connectivity index (χ0) is 19.5. The van der Waals surface area contributed by atoms with E-state index in [2.05, 4.69) is 27.6 Å². The molecule has 4 rings (SSSR count). The van der Waals surface area contributed by atoms with Gasteiger partial charge in [0.1, 0.15) is 17.2 Å². The number of hydrogen-bond acceptors (Lipinski definition) is 4. The molecule has 3 aromatic carbocycles. The van der Waals surface area contributed by atoms with Crippen molar-refractivity contribution in [2.45, 2.75) is 0 Å². The van der Waals surface area contributed by atoms with E-state index >= 15 is 0 Å². The van der Waals surface area contributed by atoms with Gasteiger partial charge < -0.3 is 14.8 Å². The topological polar surface area (TPSA) is 76.2 Å². The van der Waals surface area contributed by atoms with Crippen molar-refractivity contribution in [2.75, 3.05) is 19.5 Å². The van der Waals surface area contributed by atoms with Gasteiger partial charge in [-0.05, 0) is 29.0 Å². The second-order valence-electron chi connectivity index (χ2n) is 6.21. The Hall–Kier alpha value is -3.80. The molecule has 0 atom stereocenters. The van der Waals surface area contributed by atoms with Crippen molar-refractivity contribution in [3.63, 3.8) is 0 Å². The number of anilines is 1. The highest BCUT2D eigenvalue weighted by Crippen LogP contribution is 2.30. The van der Waals surface area contributed by atoms with Crippen LogP contribution in [0, 0.1) is 0 Å². The summed E-state index contributed by atoms with van der Waals surface area (Å²) in [7, 11) is 3.12. The maximum atomic E-state index is 12.7. The molecule has 4 aromatic rings. The third kappa shape index (κ3) is 3.27. The molecule has 0 fully saturated rings. The molecule has 1 heterocycles. The first-order valence-corrected chi connectivity index (χ1v) is 8.76. The Morgan fingerprint density at radius 3 is 2.61 bits per heavy atom. The van der Waals surface area contributed by atoms with Crippen LogP contribution in [0.1, 0.15) is 10.5 Å². The summed E-state index contributed by atoms with van der Waals surface area (Å²) >= 11 is 0.